The predicted molar refractivity (Wildman–Crippen MR) is 48.3 cm³/mol. The lowest BCUT2D eigenvalue weighted by molar-refractivity contribution is 0.411. The van der Waals surface area contributed by atoms with Gasteiger partial charge in [0.1, 0.15) is 0 Å². The van der Waals surface area contributed by atoms with Crippen molar-refractivity contribution in [2.24, 2.45) is 0 Å². The fraction of sp³-hybridized carbons (Fsp3) is 0.667. The van der Waals surface area contributed by atoms with Crippen LogP contribution in [0.1, 0.15) is 13.8 Å². The Labute approximate surface area is 68.9 Å². The molecule has 0 amide bonds. The van der Waals surface area contributed by atoms with Gasteiger partial charge in [0, 0.05) is 13.1 Å². The van der Waals surface area contributed by atoms with Gasteiger partial charge in [-0.1, -0.05) is 6.58 Å². The van der Waals surface area contributed by atoms with Gasteiger partial charge >= 0.3 is 0 Å². The summed E-state index contributed by atoms with van der Waals surface area (Å²) in [5.74, 6) is 0. The van der Waals surface area contributed by atoms with Crippen LogP contribution in [0.5, 0.6) is 0 Å². The summed E-state index contributed by atoms with van der Waals surface area (Å²) in [7, 11) is 0. The van der Waals surface area contributed by atoms with Crippen LogP contribution in [0.3, 0.4) is 0 Å². The molecule has 0 saturated carbocycles. The Morgan fingerprint density at radius 2 is 1.78 bits per heavy atom. The lowest BCUT2D eigenvalue weighted by Gasteiger charge is -2.18. The average molecular weight is 168 g/mol. The molecular weight excluding hydrogens is 154 g/mol. The van der Waals surface area contributed by atoms with Crippen LogP contribution in [0.2, 0.25) is 0 Å². The first-order valence-corrected chi connectivity index (χ1v) is 3.29. The first-order chi connectivity index (χ1) is 3.72. The first-order valence-electron chi connectivity index (χ1n) is 2.85. The summed E-state index contributed by atoms with van der Waals surface area (Å²) in [6.07, 6.45) is 0. The summed E-state index contributed by atoms with van der Waals surface area (Å²) in [6, 6.07) is 0. The third-order valence-electron chi connectivity index (χ3n) is 1.13. The third kappa shape index (κ3) is 4.67. The van der Waals surface area contributed by atoms with Crippen molar-refractivity contribution < 1.29 is 0 Å². The zero-order valence-corrected chi connectivity index (χ0v) is 7.63. The summed E-state index contributed by atoms with van der Waals surface area (Å²) in [6.45, 7) is 9.86. The Kier molecular flexibility index (Phi) is 8.34. The molecule has 56 valence electrons. The lowest BCUT2D eigenvalue weighted by atomic mass is 10.5. The van der Waals surface area contributed by atoms with E-state index in [0.29, 0.717) is 0 Å². The van der Waals surface area contributed by atoms with Crippen molar-refractivity contribution in [3.8, 4) is 0 Å². The van der Waals surface area contributed by atoms with Gasteiger partial charge in [-0.25, -0.2) is 0 Å². The summed E-state index contributed by atoms with van der Waals surface area (Å²) in [5, 5.41) is 0.856. The highest BCUT2D eigenvalue weighted by Gasteiger charge is 1.93. The van der Waals surface area contributed by atoms with E-state index in [-0.39, 0.29) is 12.4 Å². The number of thiol groups is 1. The van der Waals surface area contributed by atoms with Crippen molar-refractivity contribution in [3.63, 3.8) is 0 Å². The van der Waals surface area contributed by atoms with Crippen LogP contribution >= 0.6 is 25.0 Å². The van der Waals surface area contributed by atoms with E-state index in [9.17, 15) is 0 Å². The van der Waals surface area contributed by atoms with Gasteiger partial charge in [-0.3, -0.25) is 0 Å². The highest BCUT2D eigenvalue weighted by molar-refractivity contribution is 7.84. The number of hydrogen-bond acceptors (Lipinski definition) is 2. The van der Waals surface area contributed by atoms with E-state index in [1.165, 1.54) is 0 Å². The maximum atomic E-state index is 4.08. The monoisotopic (exact) mass is 167 g/mol. The van der Waals surface area contributed by atoms with E-state index in [2.05, 4.69) is 38.0 Å². The smallest absolute Gasteiger partial charge is 0.0602 e. The molecule has 0 heterocycles. The maximum absolute atomic E-state index is 4.08. The second kappa shape index (κ2) is 6.30. The van der Waals surface area contributed by atoms with Crippen LogP contribution in [-0.2, 0) is 0 Å². The summed E-state index contributed by atoms with van der Waals surface area (Å²) in [4.78, 5) is 2.09. The number of hydrogen-bond donors (Lipinski definition) is 1. The van der Waals surface area contributed by atoms with Gasteiger partial charge in [-0.2, -0.15) is 0 Å². The SMILES string of the molecule is C=C(S)N(CC)CC.Cl. The van der Waals surface area contributed by atoms with Crippen molar-refractivity contribution in [1.82, 2.24) is 4.90 Å². The molecule has 0 aliphatic heterocycles. The zero-order valence-electron chi connectivity index (χ0n) is 5.92. The molecule has 0 aromatic rings. The quantitative estimate of drug-likeness (QED) is 0.631. The molecule has 0 fully saturated rings. The number of nitrogens with zero attached hydrogens (tertiary/aromatic N) is 1. The molecule has 0 rings (SSSR count). The highest BCUT2D eigenvalue weighted by atomic mass is 35.5. The van der Waals surface area contributed by atoms with E-state index >= 15 is 0 Å². The van der Waals surface area contributed by atoms with Crippen LogP contribution in [0, 0.1) is 0 Å². The molecular formula is C6H14ClNS. The minimum atomic E-state index is 0. The molecule has 0 spiro atoms. The molecule has 0 aromatic carbocycles. The maximum Gasteiger partial charge on any atom is 0.0602 e. The van der Waals surface area contributed by atoms with Gasteiger partial charge in [0.15, 0.2) is 0 Å². The molecule has 0 atom stereocenters. The normalized spacial score (nSPS) is 7.89. The van der Waals surface area contributed by atoms with Crippen LogP contribution in [-0.4, -0.2) is 18.0 Å². The largest absolute Gasteiger partial charge is 0.368 e. The van der Waals surface area contributed by atoms with Gasteiger partial charge in [0.05, 0.1) is 5.03 Å². The lowest BCUT2D eigenvalue weighted by Crippen LogP contribution is -2.18. The Morgan fingerprint density at radius 3 is 1.78 bits per heavy atom. The van der Waals surface area contributed by atoms with Gasteiger partial charge in [-0.05, 0) is 13.8 Å². The van der Waals surface area contributed by atoms with Crippen molar-refractivity contribution in [2.45, 2.75) is 13.8 Å². The second-order valence-corrected chi connectivity index (χ2v) is 2.10. The molecule has 0 aliphatic carbocycles. The summed E-state index contributed by atoms with van der Waals surface area (Å²) in [5.41, 5.74) is 0. The summed E-state index contributed by atoms with van der Waals surface area (Å²) >= 11 is 4.08. The predicted octanol–water partition coefficient (Wildman–Crippen LogP) is 2.15. The van der Waals surface area contributed by atoms with E-state index < -0.39 is 0 Å². The molecule has 0 aliphatic rings. The number of halogens is 1. The molecule has 1 nitrogen and oxygen atoms in total. The minimum absolute atomic E-state index is 0. The third-order valence-corrected chi connectivity index (χ3v) is 1.41. The minimum Gasteiger partial charge on any atom is -0.368 e. The molecule has 0 aromatic heterocycles. The Hall–Kier alpha value is 0.180. The van der Waals surface area contributed by atoms with Gasteiger partial charge in [0.25, 0.3) is 0 Å². The summed E-state index contributed by atoms with van der Waals surface area (Å²) < 4.78 is 0. The fourth-order valence-electron chi connectivity index (χ4n) is 0.589. The van der Waals surface area contributed by atoms with Crippen LogP contribution in [0.25, 0.3) is 0 Å². The topological polar surface area (TPSA) is 3.24 Å². The van der Waals surface area contributed by atoms with Gasteiger partial charge in [-0.15, -0.1) is 25.0 Å². The first kappa shape index (κ1) is 11.9. The van der Waals surface area contributed by atoms with Crippen LogP contribution in [0.15, 0.2) is 11.6 Å². The molecule has 0 unspecified atom stereocenters. The van der Waals surface area contributed by atoms with Crippen molar-refractivity contribution in [1.29, 1.82) is 0 Å². The van der Waals surface area contributed by atoms with Crippen molar-refractivity contribution in [3.05, 3.63) is 11.6 Å². The van der Waals surface area contributed by atoms with Gasteiger partial charge in [0.2, 0.25) is 0 Å². The van der Waals surface area contributed by atoms with E-state index in [4.69, 9.17) is 0 Å². The van der Waals surface area contributed by atoms with Crippen LogP contribution < -0.4 is 0 Å². The van der Waals surface area contributed by atoms with E-state index in [1.807, 2.05) is 0 Å². The second-order valence-electron chi connectivity index (χ2n) is 1.59. The Morgan fingerprint density at radius 1 is 1.44 bits per heavy atom. The number of rotatable bonds is 3. The van der Waals surface area contributed by atoms with Crippen LogP contribution in [0.4, 0.5) is 0 Å². The standard InChI is InChI=1S/C6H13NS.ClH/c1-4-7(5-2)6(3)8;/h8H,3-5H2,1-2H3;1H. The fourth-order valence-corrected chi connectivity index (χ4v) is 0.871. The van der Waals surface area contributed by atoms with Gasteiger partial charge < -0.3 is 4.90 Å². The van der Waals surface area contributed by atoms with Crippen molar-refractivity contribution >= 4 is 25.0 Å². The van der Waals surface area contributed by atoms with Crippen molar-refractivity contribution in [2.75, 3.05) is 13.1 Å². The Bertz CT molecular complexity index is 81.1. The zero-order chi connectivity index (χ0) is 6.57. The molecule has 0 N–H and O–H groups in total. The Balaban J connectivity index is 0. The average Bonchev–Trinajstić information content (AvgIpc) is 1.69. The molecule has 0 bridgehead atoms. The molecule has 0 saturated heterocycles. The highest BCUT2D eigenvalue weighted by Crippen LogP contribution is 2.02. The molecule has 0 radical (unpaired) electrons. The molecule has 9 heavy (non-hydrogen) atoms. The van der Waals surface area contributed by atoms with E-state index in [0.717, 1.165) is 18.1 Å². The molecule has 3 heteroatoms. The van der Waals surface area contributed by atoms with E-state index in [1.54, 1.807) is 0 Å².